The van der Waals surface area contributed by atoms with Crippen molar-refractivity contribution < 1.29 is 4.79 Å². The lowest BCUT2D eigenvalue weighted by Crippen LogP contribution is -2.41. The molecule has 2 bridgehead atoms. The van der Waals surface area contributed by atoms with Gasteiger partial charge in [-0.15, -0.1) is 17.5 Å². The zero-order valence-electron chi connectivity index (χ0n) is 12.7. The second-order valence-electron chi connectivity index (χ2n) is 6.14. The van der Waals surface area contributed by atoms with Crippen molar-refractivity contribution in [2.45, 2.75) is 37.9 Å². The van der Waals surface area contributed by atoms with Crippen LogP contribution >= 0.6 is 12.4 Å². The largest absolute Gasteiger partial charge is 0.350 e. The summed E-state index contributed by atoms with van der Waals surface area (Å²) in [6.45, 7) is 1.50. The minimum absolute atomic E-state index is 0. The van der Waals surface area contributed by atoms with Crippen LogP contribution in [-0.2, 0) is 11.3 Å². The van der Waals surface area contributed by atoms with Gasteiger partial charge in [0.15, 0.2) is 5.65 Å². The highest BCUT2D eigenvalue weighted by Gasteiger charge is 2.31. The molecule has 2 unspecified atom stereocenters. The summed E-state index contributed by atoms with van der Waals surface area (Å²) in [6, 6.07) is 6.30. The topological polar surface area (TPSA) is 71.6 Å². The van der Waals surface area contributed by atoms with E-state index in [0.717, 1.165) is 25.9 Å². The molecule has 2 saturated heterocycles. The fourth-order valence-corrected chi connectivity index (χ4v) is 3.47. The number of halogens is 1. The van der Waals surface area contributed by atoms with E-state index < -0.39 is 0 Å². The fraction of sp³-hybridized carbons (Fsp3) is 0.533. The minimum atomic E-state index is -0.265. The normalized spacial score (nSPS) is 23.6. The summed E-state index contributed by atoms with van der Waals surface area (Å²) in [7, 11) is 0. The second-order valence-corrected chi connectivity index (χ2v) is 6.14. The molecule has 2 fully saturated rings. The first kappa shape index (κ1) is 16.0. The molecule has 2 aromatic rings. The summed E-state index contributed by atoms with van der Waals surface area (Å²) >= 11 is 0. The van der Waals surface area contributed by atoms with E-state index in [4.69, 9.17) is 0 Å². The molecular formula is C15H20ClN5O2. The average Bonchev–Trinajstić information content (AvgIpc) is 3.00. The molecule has 1 amide bonds. The van der Waals surface area contributed by atoms with Gasteiger partial charge in [-0.05, 0) is 31.4 Å². The van der Waals surface area contributed by atoms with Gasteiger partial charge in [-0.2, -0.15) is 0 Å². The van der Waals surface area contributed by atoms with E-state index in [1.54, 1.807) is 18.3 Å². The molecule has 124 valence electrons. The standard InChI is InChI=1S/C15H19N5O2.ClH/c21-14(18-8-6-11-4-5-12(9-18)16-11)10-20-15(22)19-7-2-1-3-13(19)17-20;/h1-3,7,11-12,16H,4-6,8-10H2;1H. The maximum atomic E-state index is 12.5. The summed E-state index contributed by atoms with van der Waals surface area (Å²) in [5.41, 5.74) is 0.301. The number of rotatable bonds is 2. The average molecular weight is 338 g/mol. The summed E-state index contributed by atoms with van der Waals surface area (Å²) in [5.74, 6) is -0.0279. The van der Waals surface area contributed by atoms with Crippen LogP contribution < -0.4 is 11.0 Å². The SMILES string of the molecule is Cl.O=C(Cn1nc2ccccn2c1=O)N1CCC2CCC(C1)N2. The first-order valence-corrected chi connectivity index (χ1v) is 7.79. The van der Waals surface area contributed by atoms with Gasteiger partial charge in [0.1, 0.15) is 6.54 Å². The van der Waals surface area contributed by atoms with Gasteiger partial charge in [-0.1, -0.05) is 6.07 Å². The Labute approximate surface area is 139 Å². The predicted molar refractivity (Wildman–Crippen MR) is 87.8 cm³/mol. The van der Waals surface area contributed by atoms with Gasteiger partial charge in [0, 0.05) is 31.4 Å². The molecule has 0 aromatic carbocycles. The second kappa shape index (κ2) is 6.33. The van der Waals surface area contributed by atoms with E-state index >= 15 is 0 Å². The van der Waals surface area contributed by atoms with E-state index in [1.165, 1.54) is 15.5 Å². The molecule has 7 nitrogen and oxygen atoms in total. The van der Waals surface area contributed by atoms with Gasteiger partial charge in [0.2, 0.25) is 5.91 Å². The smallest absolute Gasteiger partial charge is 0.339 e. The van der Waals surface area contributed by atoms with Crippen LogP contribution in [0.2, 0.25) is 0 Å². The van der Waals surface area contributed by atoms with Crippen molar-refractivity contribution in [2.24, 2.45) is 0 Å². The lowest BCUT2D eigenvalue weighted by Gasteiger charge is -2.24. The maximum absolute atomic E-state index is 12.5. The van der Waals surface area contributed by atoms with Gasteiger partial charge in [0.25, 0.3) is 0 Å². The third kappa shape index (κ3) is 2.98. The van der Waals surface area contributed by atoms with Crippen LogP contribution in [-0.4, -0.2) is 50.2 Å². The summed E-state index contributed by atoms with van der Waals surface area (Å²) in [5, 5.41) is 7.77. The van der Waals surface area contributed by atoms with Crippen LogP contribution in [0.1, 0.15) is 19.3 Å². The first-order valence-electron chi connectivity index (χ1n) is 7.79. The molecule has 2 aromatic heterocycles. The summed E-state index contributed by atoms with van der Waals surface area (Å²) < 4.78 is 2.72. The summed E-state index contributed by atoms with van der Waals surface area (Å²) in [4.78, 5) is 26.6. The molecular weight excluding hydrogens is 318 g/mol. The minimum Gasteiger partial charge on any atom is -0.339 e. The van der Waals surface area contributed by atoms with Gasteiger partial charge in [-0.3, -0.25) is 9.20 Å². The van der Waals surface area contributed by atoms with Gasteiger partial charge < -0.3 is 10.2 Å². The highest BCUT2D eigenvalue weighted by Crippen LogP contribution is 2.20. The highest BCUT2D eigenvalue weighted by molar-refractivity contribution is 5.85. The number of amides is 1. The van der Waals surface area contributed by atoms with Crippen molar-refractivity contribution in [3.63, 3.8) is 0 Å². The molecule has 2 aliphatic rings. The van der Waals surface area contributed by atoms with Crippen molar-refractivity contribution >= 4 is 24.0 Å². The predicted octanol–water partition coefficient (Wildman–Crippen LogP) is 0.271. The Morgan fingerprint density at radius 1 is 1.26 bits per heavy atom. The third-order valence-corrected chi connectivity index (χ3v) is 4.65. The Morgan fingerprint density at radius 2 is 2.09 bits per heavy atom. The van der Waals surface area contributed by atoms with Crippen molar-refractivity contribution in [1.29, 1.82) is 0 Å². The van der Waals surface area contributed by atoms with Crippen molar-refractivity contribution in [2.75, 3.05) is 13.1 Å². The quantitative estimate of drug-likeness (QED) is 0.854. The number of carbonyl (C=O) groups is 1. The Hall–Kier alpha value is -1.86. The molecule has 0 saturated carbocycles. The monoisotopic (exact) mass is 337 g/mol. The lowest BCUT2D eigenvalue weighted by molar-refractivity contribution is -0.132. The molecule has 23 heavy (non-hydrogen) atoms. The maximum Gasteiger partial charge on any atom is 0.350 e. The van der Waals surface area contributed by atoms with Crippen LogP contribution in [0.3, 0.4) is 0 Å². The molecule has 8 heteroatoms. The molecule has 0 spiro atoms. The van der Waals surface area contributed by atoms with Gasteiger partial charge in [0.05, 0.1) is 0 Å². The molecule has 4 heterocycles. The highest BCUT2D eigenvalue weighted by atomic mass is 35.5. The van der Waals surface area contributed by atoms with E-state index in [0.29, 0.717) is 17.7 Å². The van der Waals surface area contributed by atoms with E-state index in [1.807, 2.05) is 11.0 Å². The summed E-state index contributed by atoms with van der Waals surface area (Å²) in [6.07, 6.45) is 4.99. The molecule has 0 aliphatic carbocycles. The van der Waals surface area contributed by atoms with Crippen LogP contribution in [0, 0.1) is 0 Å². The van der Waals surface area contributed by atoms with Crippen LogP contribution in [0.25, 0.3) is 5.65 Å². The molecule has 4 rings (SSSR count). The Bertz CT molecular complexity index is 771. The van der Waals surface area contributed by atoms with Crippen molar-refractivity contribution in [1.82, 2.24) is 24.4 Å². The number of aromatic nitrogens is 3. The van der Waals surface area contributed by atoms with Crippen molar-refractivity contribution in [3.8, 4) is 0 Å². The Morgan fingerprint density at radius 3 is 2.91 bits per heavy atom. The number of carbonyl (C=O) groups excluding carboxylic acids is 1. The van der Waals surface area contributed by atoms with Crippen LogP contribution in [0.15, 0.2) is 29.2 Å². The first-order chi connectivity index (χ1) is 10.7. The third-order valence-electron chi connectivity index (χ3n) is 4.65. The number of pyridine rings is 1. The van der Waals surface area contributed by atoms with E-state index in [2.05, 4.69) is 10.4 Å². The number of likely N-dealkylation sites (tertiary alicyclic amines) is 1. The molecule has 1 N–H and O–H groups in total. The lowest BCUT2D eigenvalue weighted by atomic mass is 10.1. The van der Waals surface area contributed by atoms with Gasteiger partial charge >= 0.3 is 5.69 Å². The fourth-order valence-electron chi connectivity index (χ4n) is 3.47. The van der Waals surface area contributed by atoms with Gasteiger partial charge in [-0.25, -0.2) is 9.48 Å². The zero-order valence-corrected chi connectivity index (χ0v) is 13.5. The molecule has 0 radical (unpaired) electrons. The van der Waals surface area contributed by atoms with Crippen LogP contribution in [0.5, 0.6) is 0 Å². The number of nitrogens with one attached hydrogen (secondary N) is 1. The molecule has 2 aliphatic heterocycles. The number of hydrogen-bond donors (Lipinski definition) is 1. The van der Waals surface area contributed by atoms with Crippen LogP contribution in [0.4, 0.5) is 0 Å². The Kier molecular flexibility index (Phi) is 4.41. The number of fused-ring (bicyclic) bond motifs is 3. The Balaban J connectivity index is 0.00000156. The number of nitrogens with zero attached hydrogens (tertiary/aromatic N) is 4. The number of hydrogen-bond acceptors (Lipinski definition) is 4. The molecule has 2 atom stereocenters. The zero-order chi connectivity index (χ0) is 15.1. The van der Waals surface area contributed by atoms with Crippen molar-refractivity contribution in [3.05, 3.63) is 34.9 Å². The van der Waals surface area contributed by atoms with E-state index in [9.17, 15) is 9.59 Å². The van der Waals surface area contributed by atoms with E-state index in [-0.39, 0.29) is 30.5 Å².